The van der Waals surface area contributed by atoms with Crippen molar-refractivity contribution >= 4 is 24.0 Å². The molecule has 0 saturated carbocycles. The SMILES string of the molecule is CN1CCN(C(=O)c2ccc([N+](=O)[O-])cc2)CC1.Cl. The van der Waals surface area contributed by atoms with Crippen molar-refractivity contribution in [2.75, 3.05) is 33.2 Å². The molecule has 19 heavy (non-hydrogen) atoms. The van der Waals surface area contributed by atoms with Crippen LogP contribution in [0.1, 0.15) is 10.4 Å². The van der Waals surface area contributed by atoms with Gasteiger partial charge in [-0.1, -0.05) is 0 Å². The lowest BCUT2D eigenvalue weighted by Crippen LogP contribution is -2.47. The Morgan fingerprint density at radius 1 is 1.16 bits per heavy atom. The van der Waals surface area contributed by atoms with Crippen LogP contribution < -0.4 is 0 Å². The fraction of sp³-hybridized carbons (Fsp3) is 0.417. The number of hydrogen-bond acceptors (Lipinski definition) is 4. The van der Waals surface area contributed by atoms with Crippen LogP contribution >= 0.6 is 12.4 Å². The molecule has 1 aliphatic heterocycles. The number of piperazine rings is 1. The van der Waals surface area contributed by atoms with Gasteiger partial charge in [0, 0.05) is 43.9 Å². The highest BCUT2D eigenvalue weighted by molar-refractivity contribution is 5.94. The van der Waals surface area contributed by atoms with Crippen molar-refractivity contribution in [1.29, 1.82) is 0 Å². The summed E-state index contributed by atoms with van der Waals surface area (Å²) in [7, 11) is 2.02. The average molecular weight is 286 g/mol. The summed E-state index contributed by atoms with van der Waals surface area (Å²) < 4.78 is 0. The molecule has 0 unspecified atom stereocenters. The molecular weight excluding hydrogens is 270 g/mol. The first kappa shape index (κ1) is 15.4. The maximum absolute atomic E-state index is 12.1. The van der Waals surface area contributed by atoms with Gasteiger partial charge in [-0.2, -0.15) is 0 Å². The standard InChI is InChI=1S/C12H15N3O3.ClH/c1-13-6-8-14(9-7-13)12(16)10-2-4-11(5-3-10)15(17)18;/h2-5H,6-9H2,1H3;1H. The average Bonchev–Trinajstić information content (AvgIpc) is 2.39. The van der Waals surface area contributed by atoms with Gasteiger partial charge in [-0.3, -0.25) is 14.9 Å². The van der Waals surface area contributed by atoms with Gasteiger partial charge in [0.2, 0.25) is 0 Å². The summed E-state index contributed by atoms with van der Waals surface area (Å²) in [5, 5.41) is 10.5. The van der Waals surface area contributed by atoms with Crippen LogP contribution in [-0.4, -0.2) is 53.9 Å². The number of nitro benzene ring substituents is 1. The van der Waals surface area contributed by atoms with Gasteiger partial charge in [0.15, 0.2) is 0 Å². The van der Waals surface area contributed by atoms with Gasteiger partial charge in [-0.05, 0) is 19.2 Å². The third kappa shape index (κ3) is 3.65. The van der Waals surface area contributed by atoms with Gasteiger partial charge in [-0.25, -0.2) is 0 Å². The van der Waals surface area contributed by atoms with E-state index < -0.39 is 4.92 Å². The number of carbonyl (C=O) groups excluding carboxylic acids is 1. The molecule has 0 spiro atoms. The van der Waals surface area contributed by atoms with E-state index in [1.165, 1.54) is 24.3 Å². The Bertz CT molecular complexity index is 456. The molecule has 1 fully saturated rings. The molecule has 2 rings (SSSR count). The number of likely N-dealkylation sites (N-methyl/N-ethyl adjacent to an activating group) is 1. The highest BCUT2D eigenvalue weighted by Crippen LogP contribution is 2.14. The molecule has 1 aromatic carbocycles. The van der Waals surface area contributed by atoms with Crippen LogP contribution in [-0.2, 0) is 0 Å². The van der Waals surface area contributed by atoms with Gasteiger partial charge >= 0.3 is 0 Å². The van der Waals surface area contributed by atoms with Gasteiger partial charge in [0.25, 0.3) is 11.6 Å². The zero-order chi connectivity index (χ0) is 13.1. The number of benzene rings is 1. The number of nitro groups is 1. The number of hydrogen-bond donors (Lipinski definition) is 0. The van der Waals surface area contributed by atoms with E-state index in [1.807, 2.05) is 7.05 Å². The van der Waals surface area contributed by atoms with Crippen molar-refractivity contribution < 1.29 is 9.72 Å². The fourth-order valence-electron chi connectivity index (χ4n) is 1.92. The van der Waals surface area contributed by atoms with E-state index in [4.69, 9.17) is 0 Å². The van der Waals surface area contributed by atoms with E-state index >= 15 is 0 Å². The highest BCUT2D eigenvalue weighted by atomic mass is 35.5. The van der Waals surface area contributed by atoms with Crippen LogP contribution in [0.4, 0.5) is 5.69 Å². The van der Waals surface area contributed by atoms with E-state index in [9.17, 15) is 14.9 Å². The third-order valence-electron chi connectivity index (χ3n) is 3.12. The Labute approximate surface area is 117 Å². The smallest absolute Gasteiger partial charge is 0.269 e. The molecule has 1 heterocycles. The molecule has 7 heteroatoms. The third-order valence-corrected chi connectivity index (χ3v) is 3.12. The van der Waals surface area contributed by atoms with E-state index in [2.05, 4.69) is 4.90 Å². The zero-order valence-corrected chi connectivity index (χ0v) is 11.4. The monoisotopic (exact) mass is 285 g/mol. The molecule has 0 aromatic heterocycles. The molecule has 1 saturated heterocycles. The second-order valence-electron chi connectivity index (χ2n) is 4.40. The van der Waals surface area contributed by atoms with E-state index in [0.29, 0.717) is 18.7 Å². The molecule has 104 valence electrons. The van der Waals surface area contributed by atoms with E-state index in [0.717, 1.165) is 13.1 Å². The Hall–Kier alpha value is -1.66. The summed E-state index contributed by atoms with van der Waals surface area (Å²) in [4.78, 5) is 26.1. The van der Waals surface area contributed by atoms with Gasteiger partial charge in [0.05, 0.1) is 4.92 Å². The molecule has 0 atom stereocenters. The summed E-state index contributed by atoms with van der Waals surface area (Å²) in [5.74, 6) is -0.0574. The lowest BCUT2D eigenvalue weighted by molar-refractivity contribution is -0.384. The summed E-state index contributed by atoms with van der Waals surface area (Å²) in [6, 6.07) is 5.75. The van der Waals surface area contributed by atoms with Crippen molar-refractivity contribution in [2.45, 2.75) is 0 Å². The Morgan fingerprint density at radius 3 is 2.16 bits per heavy atom. The maximum atomic E-state index is 12.1. The molecule has 1 aliphatic rings. The highest BCUT2D eigenvalue weighted by Gasteiger charge is 2.20. The minimum atomic E-state index is -0.468. The lowest BCUT2D eigenvalue weighted by atomic mass is 10.1. The second-order valence-corrected chi connectivity index (χ2v) is 4.40. The summed E-state index contributed by atoms with van der Waals surface area (Å²) in [6.07, 6.45) is 0. The number of carbonyl (C=O) groups is 1. The molecule has 0 radical (unpaired) electrons. The van der Waals surface area contributed by atoms with Gasteiger partial charge < -0.3 is 9.80 Å². The zero-order valence-electron chi connectivity index (χ0n) is 10.6. The summed E-state index contributed by atoms with van der Waals surface area (Å²) in [6.45, 7) is 3.12. The molecule has 0 bridgehead atoms. The quantitative estimate of drug-likeness (QED) is 0.608. The molecule has 1 amide bonds. The van der Waals surface area contributed by atoms with Crippen molar-refractivity contribution in [1.82, 2.24) is 9.80 Å². The molecular formula is C12H16ClN3O3. The van der Waals surface area contributed by atoms with Gasteiger partial charge in [0.1, 0.15) is 0 Å². The number of rotatable bonds is 2. The minimum absolute atomic E-state index is 0. The normalized spacial score (nSPS) is 15.7. The molecule has 1 aromatic rings. The summed E-state index contributed by atoms with van der Waals surface area (Å²) >= 11 is 0. The minimum Gasteiger partial charge on any atom is -0.336 e. The van der Waals surface area contributed by atoms with E-state index in [-0.39, 0.29) is 24.0 Å². The summed E-state index contributed by atoms with van der Waals surface area (Å²) in [5.41, 5.74) is 0.509. The number of halogens is 1. The predicted molar refractivity (Wildman–Crippen MR) is 73.7 cm³/mol. The predicted octanol–water partition coefficient (Wildman–Crippen LogP) is 1.40. The van der Waals surface area contributed by atoms with Crippen LogP contribution in [0.15, 0.2) is 24.3 Å². The first-order valence-electron chi connectivity index (χ1n) is 5.80. The first-order chi connectivity index (χ1) is 8.58. The molecule has 6 nitrogen and oxygen atoms in total. The number of nitrogens with zero attached hydrogens (tertiary/aromatic N) is 3. The largest absolute Gasteiger partial charge is 0.336 e. The van der Waals surface area contributed by atoms with Crippen LogP contribution in [0, 0.1) is 10.1 Å². The van der Waals surface area contributed by atoms with Crippen LogP contribution in [0.5, 0.6) is 0 Å². The van der Waals surface area contributed by atoms with Crippen molar-refractivity contribution in [3.8, 4) is 0 Å². The van der Waals surface area contributed by atoms with Gasteiger partial charge in [-0.15, -0.1) is 12.4 Å². The van der Waals surface area contributed by atoms with Crippen LogP contribution in [0.25, 0.3) is 0 Å². The fourth-order valence-corrected chi connectivity index (χ4v) is 1.92. The Morgan fingerprint density at radius 2 is 1.68 bits per heavy atom. The Balaban J connectivity index is 0.00000180. The number of amides is 1. The van der Waals surface area contributed by atoms with Crippen molar-refractivity contribution in [3.05, 3.63) is 39.9 Å². The number of non-ortho nitro benzene ring substituents is 1. The molecule has 0 aliphatic carbocycles. The van der Waals surface area contributed by atoms with Crippen molar-refractivity contribution in [3.63, 3.8) is 0 Å². The van der Waals surface area contributed by atoms with Crippen LogP contribution in [0.3, 0.4) is 0 Å². The van der Waals surface area contributed by atoms with Crippen molar-refractivity contribution in [2.24, 2.45) is 0 Å². The maximum Gasteiger partial charge on any atom is 0.269 e. The lowest BCUT2D eigenvalue weighted by Gasteiger charge is -2.32. The first-order valence-corrected chi connectivity index (χ1v) is 5.80. The van der Waals surface area contributed by atoms with E-state index in [1.54, 1.807) is 4.90 Å². The molecule has 0 N–H and O–H groups in total. The van der Waals surface area contributed by atoms with Crippen LogP contribution in [0.2, 0.25) is 0 Å². The topological polar surface area (TPSA) is 66.7 Å². The Kier molecular flexibility index (Phi) is 5.26. The second kappa shape index (κ2) is 6.49.